The lowest BCUT2D eigenvalue weighted by atomic mass is 10.1. The molecule has 0 bridgehead atoms. The molecule has 0 unspecified atom stereocenters. The van der Waals surface area contributed by atoms with Crippen molar-refractivity contribution in [3.8, 4) is 5.75 Å². The van der Waals surface area contributed by atoms with Gasteiger partial charge in [0.15, 0.2) is 0 Å². The number of benzene rings is 2. The van der Waals surface area contributed by atoms with Crippen LogP contribution in [-0.4, -0.2) is 63.2 Å². The lowest BCUT2D eigenvalue weighted by Gasteiger charge is -2.37. The van der Waals surface area contributed by atoms with Crippen LogP contribution in [0.1, 0.15) is 24.0 Å². The van der Waals surface area contributed by atoms with Crippen molar-refractivity contribution in [1.29, 1.82) is 0 Å². The molecule has 3 heterocycles. The maximum Gasteiger partial charge on any atom is 0.250 e. The Balaban J connectivity index is 1.01. The van der Waals surface area contributed by atoms with E-state index in [1.807, 2.05) is 30.3 Å². The standard InChI is InChI=1S/C26H32N4O2/c31-26(21-18-20-6-1-2-9-25(20)32-19-21)28-11-3-4-13-29-14-16-30(17-15-29)24-8-5-7-23-22(24)10-12-27-23/h1-2,5-9,18,27H,3-4,10-17,19H2,(H,28,31). The van der Waals surface area contributed by atoms with Crippen LogP contribution in [0.15, 0.2) is 48.0 Å². The number of para-hydroxylation sites is 1. The van der Waals surface area contributed by atoms with Gasteiger partial charge in [-0.3, -0.25) is 9.69 Å². The lowest BCUT2D eigenvalue weighted by molar-refractivity contribution is -0.117. The molecular weight excluding hydrogens is 400 g/mol. The van der Waals surface area contributed by atoms with Gasteiger partial charge in [0.25, 0.3) is 5.91 Å². The van der Waals surface area contributed by atoms with Gasteiger partial charge in [-0.1, -0.05) is 24.3 Å². The van der Waals surface area contributed by atoms with E-state index in [1.165, 1.54) is 16.9 Å². The molecule has 1 saturated heterocycles. The number of anilines is 2. The Hall–Kier alpha value is -2.99. The summed E-state index contributed by atoms with van der Waals surface area (Å²) < 4.78 is 5.69. The number of ether oxygens (including phenoxy) is 1. The van der Waals surface area contributed by atoms with E-state index in [0.29, 0.717) is 18.7 Å². The predicted octanol–water partition coefficient (Wildman–Crippen LogP) is 3.15. The van der Waals surface area contributed by atoms with E-state index in [1.54, 1.807) is 0 Å². The summed E-state index contributed by atoms with van der Waals surface area (Å²) in [6, 6.07) is 14.5. The molecule has 2 aromatic rings. The van der Waals surface area contributed by atoms with E-state index >= 15 is 0 Å². The minimum Gasteiger partial charge on any atom is -0.488 e. The minimum atomic E-state index is -0.0157. The third kappa shape index (κ3) is 4.60. The molecule has 0 radical (unpaired) electrons. The summed E-state index contributed by atoms with van der Waals surface area (Å²) in [6.07, 6.45) is 5.16. The first-order chi connectivity index (χ1) is 15.8. The number of carbonyl (C=O) groups excluding carboxylic acids is 1. The fourth-order valence-corrected chi connectivity index (χ4v) is 4.86. The highest BCUT2D eigenvalue weighted by molar-refractivity contribution is 5.99. The number of amides is 1. The number of piperazine rings is 1. The average molecular weight is 433 g/mol. The van der Waals surface area contributed by atoms with Gasteiger partial charge in [0.1, 0.15) is 12.4 Å². The number of unbranched alkanes of at least 4 members (excludes halogenated alkanes) is 1. The molecule has 6 nitrogen and oxygen atoms in total. The zero-order chi connectivity index (χ0) is 21.8. The quantitative estimate of drug-likeness (QED) is 0.659. The van der Waals surface area contributed by atoms with Crippen LogP contribution in [0, 0.1) is 0 Å². The first-order valence-corrected chi connectivity index (χ1v) is 11.8. The third-order valence-corrected chi connectivity index (χ3v) is 6.66. The third-order valence-electron chi connectivity index (χ3n) is 6.66. The summed E-state index contributed by atoms with van der Waals surface area (Å²) >= 11 is 0. The average Bonchev–Trinajstić information content (AvgIpc) is 3.33. The summed E-state index contributed by atoms with van der Waals surface area (Å²) in [5, 5.41) is 6.54. The van der Waals surface area contributed by atoms with Gasteiger partial charge < -0.3 is 20.3 Å². The number of nitrogens with one attached hydrogen (secondary N) is 2. The van der Waals surface area contributed by atoms with Crippen molar-refractivity contribution in [1.82, 2.24) is 10.2 Å². The van der Waals surface area contributed by atoms with Crippen molar-refractivity contribution >= 4 is 23.4 Å². The molecule has 168 valence electrons. The zero-order valence-corrected chi connectivity index (χ0v) is 18.6. The Kier molecular flexibility index (Phi) is 6.30. The molecule has 5 rings (SSSR count). The van der Waals surface area contributed by atoms with Gasteiger partial charge >= 0.3 is 0 Å². The van der Waals surface area contributed by atoms with Gasteiger partial charge in [-0.2, -0.15) is 0 Å². The van der Waals surface area contributed by atoms with Crippen molar-refractivity contribution in [2.75, 3.05) is 62.6 Å². The Bertz CT molecular complexity index is 995. The van der Waals surface area contributed by atoms with Crippen molar-refractivity contribution in [2.45, 2.75) is 19.3 Å². The number of hydrogen-bond donors (Lipinski definition) is 2. The fourth-order valence-electron chi connectivity index (χ4n) is 4.86. The van der Waals surface area contributed by atoms with Crippen LogP contribution >= 0.6 is 0 Å². The molecule has 0 atom stereocenters. The summed E-state index contributed by atoms with van der Waals surface area (Å²) in [5.74, 6) is 0.829. The van der Waals surface area contributed by atoms with Crippen LogP contribution in [-0.2, 0) is 11.2 Å². The van der Waals surface area contributed by atoms with Gasteiger partial charge in [0.2, 0.25) is 0 Å². The van der Waals surface area contributed by atoms with Gasteiger partial charge in [-0.25, -0.2) is 0 Å². The minimum absolute atomic E-state index is 0.0157. The SMILES string of the molecule is O=C(NCCCCN1CCN(c2cccc3c2CCN3)CC1)C1=Cc2ccccc2OC1. The monoisotopic (exact) mass is 432 g/mol. The summed E-state index contributed by atoms with van der Waals surface area (Å²) in [4.78, 5) is 17.5. The number of fused-ring (bicyclic) bond motifs is 2. The molecule has 1 fully saturated rings. The normalized spacial score (nSPS) is 17.6. The second-order valence-corrected chi connectivity index (χ2v) is 8.77. The van der Waals surface area contributed by atoms with Crippen LogP contribution in [0.3, 0.4) is 0 Å². The zero-order valence-electron chi connectivity index (χ0n) is 18.6. The topological polar surface area (TPSA) is 56.8 Å². The van der Waals surface area contributed by atoms with Gasteiger partial charge in [-0.15, -0.1) is 0 Å². The van der Waals surface area contributed by atoms with E-state index in [2.05, 4.69) is 38.6 Å². The summed E-state index contributed by atoms with van der Waals surface area (Å²) in [7, 11) is 0. The first kappa shape index (κ1) is 20.9. The van der Waals surface area contributed by atoms with Crippen LogP contribution in [0.2, 0.25) is 0 Å². The highest BCUT2D eigenvalue weighted by Crippen LogP contribution is 2.32. The summed E-state index contributed by atoms with van der Waals surface area (Å²) in [6.45, 7) is 7.58. The molecular formula is C26H32N4O2. The molecule has 0 saturated carbocycles. The van der Waals surface area contributed by atoms with Crippen LogP contribution in [0.5, 0.6) is 5.75 Å². The predicted molar refractivity (Wildman–Crippen MR) is 129 cm³/mol. The molecule has 0 spiro atoms. The molecule has 6 heteroatoms. The van der Waals surface area contributed by atoms with E-state index < -0.39 is 0 Å². The molecule has 3 aliphatic rings. The Morgan fingerprint density at radius 1 is 1.03 bits per heavy atom. The maximum atomic E-state index is 12.4. The molecule has 2 N–H and O–H groups in total. The number of nitrogens with zero attached hydrogens (tertiary/aromatic N) is 2. The number of carbonyl (C=O) groups is 1. The van der Waals surface area contributed by atoms with E-state index in [-0.39, 0.29) is 5.91 Å². The molecule has 0 aromatic heterocycles. The highest BCUT2D eigenvalue weighted by atomic mass is 16.5. The van der Waals surface area contributed by atoms with Crippen molar-refractivity contribution < 1.29 is 9.53 Å². The molecule has 0 aliphatic carbocycles. The second kappa shape index (κ2) is 9.65. The van der Waals surface area contributed by atoms with Crippen LogP contribution < -0.4 is 20.3 Å². The molecule has 3 aliphatic heterocycles. The van der Waals surface area contributed by atoms with Gasteiger partial charge in [-0.05, 0) is 50.1 Å². The molecule has 32 heavy (non-hydrogen) atoms. The van der Waals surface area contributed by atoms with Crippen molar-refractivity contribution in [2.24, 2.45) is 0 Å². The largest absolute Gasteiger partial charge is 0.488 e. The summed E-state index contributed by atoms with van der Waals surface area (Å²) in [5.41, 5.74) is 5.88. The van der Waals surface area contributed by atoms with Crippen LogP contribution in [0.25, 0.3) is 6.08 Å². The van der Waals surface area contributed by atoms with Crippen LogP contribution in [0.4, 0.5) is 11.4 Å². The molecule has 1 amide bonds. The van der Waals surface area contributed by atoms with Crippen molar-refractivity contribution in [3.63, 3.8) is 0 Å². The Morgan fingerprint density at radius 3 is 2.81 bits per heavy atom. The van der Waals surface area contributed by atoms with Gasteiger partial charge in [0, 0.05) is 61.8 Å². The number of hydrogen-bond acceptors (Lipinski definition) is 5. The van der Waals surface area contributed by atoms with E-state index in [9.17, 15) is 4.79 Å². The van der Waals surface area contributed by atoms with E-state index in [4.69, 9.17) is 4.74 Å². The highest BCUT2D eigenvalue weighted by Gasteiger charge is 2.22. The molecule has 2 aromatic carbocycles. The maximum absolute atomic E-state index is 12.4. The Labute approximate surface area is 190 Å². The van der Waals surface area contributed by atoms with Crippen molar-refractivity contribution in [3.05, 3.63) is 59.2 Å². The lowest BCUT2D eigenvalue weighted by Crippen LogP contribution is -2.47. The second-order valence-electron chi connectivity index (χ2n) is 8.77. The fraction of sp³-hybridized carbons (Fsp3) is 0.423. The van der Waals surface area contributed by atoms with E-state index in [0.717, 1.165) is 69.8 Å². The first-order valence-electron chi connectivity index (χ1n) is 11.8. The Morgan fingerprint density at radius 2 is 1.91 bits per heavy atom. The number of rotatable bonds is 7. The smallest absolute Gasteiger partial charge is 0.250 e. The van der Waals surface area contributed by atoms with Gasteiger partial charge in [0.05, 0.1) is 5.57 Å².